The topological polar surface area (TPSA) is 85.0 Å². The number of benzene rings is 1. The highest BCUT2D eigenvalue weighted by Crippen LogP contribution is 2.37. The Kier molecular flexibility index (Phi) is 4.60. The van der Waals surface area contributed by atoms with E-state index in [1.165, 1.54) is 11.8 Å². The predicted octanol–water partition coefficient (Wildman–Crippen LogP) is 2.91. The van der Waals surface area contributed by atoms with Gasteiger partial charge in [-0.3, -0.25) is 4.79 Å². The first-order chi connectivity index (χ1) is 12.6. The molecule has 1 aliphatic heterocycles. The number of nitrogens with zero attached hydrogens (tertiary/aromatic N) is 3. The summed E-state index contributed by atoms with van der Waals surface area (Å²) in [5, 5.41) is 12.0. The summed E-state index contributed by atoms with van der Waals surface area (Å²) in [6, 6.07) is 10.8. The Labute approximate surface area is 159 Å². The summed E-state index contributed by atoms with van der Waals surface area (Å²) in [7, 11) is 0. The van der Waals surface area contributed by atoms with E-state index in [2.05, 4.69) is 20.9 Å². The molecule has 2 atom stereocenters. The quantitative estimate of drug-likeness (QED) is 0.713. The fourth-order valence-corrected chi connectivity index (χ4v) is 4.04. The van der Waals surface area contributed by atoms with Crippen LogP contribution in [-0.2, 0) is 11.3 Å². The van der Waals surface area contributed by atoms with E-state index in [0.717, 1.165) is 11.4 Å². The van der Waals surface area contributed by atoms with Gasteiger partial charge >= 0.3 is 0 Å². The Balaban J connectivity index is 1.60. The highest BCUT2D eigenvalue weighted by molar-refractivity contribution is 8.00. The van der Waals surface area contributed by atoms with E-state index in [1.54, 1.807) is 17.0 Å². The fraction of sp³-hybridized carbons (Fsp3) is 0.235. The Morgan fingerprint density at radius 2 is 2.15 bits per heavy atom. The molecule has 2 aromatic heterocycles. The van der Waals surface area contributed by atoms with Crippen LogP contribution in [0.25, 0.3) is 0 Å². The lowest BCUT2D eigenvalue weighted by atomic mass is 10.0. The van der Waals surface area contributed by atoms with Crippen molar-refractivity contribution in [3.63, 3.8) is 0 Å². The summed E-state index contributed by atoms with van der Waals surface area (Å²) in [6.07, 6.45) is 1.58. The third-order valence-corrected chi connectivity index (χ3v) is 5.57. The second-order valence-electron chi connectivity index (χ2n) is 5.86. The molecule has 0 spiro atoms. The smallest absolute Gasteiger partial charge is 0.236 e. The molecule has 4 rings (SSSR count). The number of carbonyl (C=O) groups excluding carboxylic acids is 1. The van der Waals surface area contributed by atoms with Crippen molar-refractivity contribution in [1.82, 2.24) is 20.2 Å². The third kappa shape index (κ3) is 3.30. The highest BCUT2D eigenvalue weighted by Gasteiger charge is 2.37. The number of thioether (sulfide) groups is 1. The van der Waals surface area contributed by atoms with Crippen LogP contribution in [-0.4, -0.2) is 26.0 Å². The molecule has 1 aromatic carbocycles. The standard InChI is InChI=1S/C17H16ClN5O2S/c1-10-20-21-17-23(10)22-14(11-4-6-12(18)7-5-11)15(26-17)16(24)19-9-13-3-2-8-25-13/h2-8,14-15,22H,9H2,1H3,(H,19,24)/t14-,15-/m0/s1. The van der Waals surface area contributed by atoms with Crippen LogP contribution < -0.4 is 10.7 Å². The largest absolute Gasteiger partial charge is 0.467 e. The van der Waals surface area contributed by atoms with Gasteiger partial charge < -0.3 is 15.2 Å². The van der Waals surface area contributed by atoms with Crippen LogP contribution in [0, 0.1) is 6.92 Å². The Morgan fingerprint density at radius 1 is 1.35 bits per heavy atom. The molecular formula is C17H16ClN5O2S. The van der Waals surface area contributed by atoms with Crippen LogP contribution >= 0.6 is 23.4 Å². The maximum atomic E-state index is 12.9. The number of halogens is 1. The zero-order valence-corrected chi connectivity index (χ0v) is 15.4. The van der Waals surface area contributed by atoms with Gasteiger partial charge in [0.2, 0.25) is 11.1 Å². The van der Waals surface area contributed by atoms with Gasteiger partial charge in [-0.05, 0) is 36.8 Å². The second-order valence-corrected chi connectivity index (χ2v) is 7.40. The Hall–Kier alpha value is -2.45. The SMILES string of the molecule is Cc1nnc2n1N[C@@H](c1ccc(Cl)cc1)[C@@H](C(=O)NCc1ccco1)S2. The second kappa shape index (κ2) is 7.05. The summed E-state index contributed by atoms with van der Waals surface area (Å²) >= 11 is 7.39. The molecule has 134 valence electrons. The first-order valence-electron chi connectivity index (χ1n) is 8.02. The first-order valence-corrected chi connectivity index (χ1v) is 9.28. The van der Waals surface area contributed by atoms with Crippen molar-refractivity contribution >= 4 is 29.3 Å². The normalized spacial score (nSPS) is 18.8. The van der Waals surface area contributed by atoms with Crippen LogP contribution in [0.15, 0.2) is 52.2 Å². The molecule has 0 radical (unpaired) electrons. The van der Waals surface area contributed by atoms with Crippen molar-refractivity contribution in [2.45, 2.75) is 29.9 Å². The summed E-state index contributed by atoms with van der Waals surface area (Å²) < 4.78 is 7.08. The number of furan rings is 1. The number of rotatable bonds is 4. The summed E-state index contributed by atoms with van der Waals surface area (Å²) in [5.41, 5.74) is 4.31. The number of hydrogen-bond donors (Lipinski definition) is 2. The molecule has 3 aromatic rings. The highest BCUT2D eigenvalue weighted by atomic mass is 35.5. The number of fused-ring (bicyclic) bond motifs is 1. The first kappa shape index (κ1) is 17.0. The van der Waals surface area contributed by atoms with E-state index < -0.39 is 5.25 Å². The van der Waals surface area contributed by atoms with Crippen molar-refractivity contribution in [3.8, 4) is 0 Å². The van der Waals surface area contributed by atoms with E-state index in [4.69, 9.17) is 16.0 Å². The summed E-state index contributed by atoms with van der Waals surface area (Å²) in [6.45, 7) is 2.20. The number of carbonyl (C=O) groups is 1. The van der Waals surface area contributed by atoms with Crippen LogP contribution in [0.4, 0.5) is 0 Å². The van der Waals surface area contributed by atoms with Gasteiger partial charge in [-0.1, -0.05) is 35.5 Å². The van der Waals surface area contributed by atoms with E-state index in [9.17, 15) is 4.79 Å². The average molecular weight is 390 g/mol. The van der Waals surface area contributed by atoms with E-state index in [-0.39, 0.29) is 11.9 Å². The molecule has 1 aliphatic rings. The summed E-state index contributed by atoms with van der Waals surface area (Å²) in [4.78, 5) is 12.9. The number of aryl methyl sites for hydroxylation is 1. The van der Waals surface area contributed by atoms with E-state index in [0.29, 0.717) is 22.5 Å². The van der Waals surface area contributed by atoms with Crippen LogP contribution in [0.5, 0.6) is 0 Å². The van der Waals surface area contributed by atoms with Crippen molar-refractivity contribution in [2.24, 2.45) is 0 Å². The Morgan fingerprint density at radius 3 is 2.88 bits per heavy atom. The monoisotopic (exact) mass is 389 g/mol. The maximum Gasteiger partial charge on any atom is 0.236 e. The lowest BCUT2D eigenvalue weighted by Gasteiger charge is -2.32. The average Bonchev–Trinajstić information content (AvgIpc) is 3.29. The van der Waals surface area contributed by atoms with Crippen molar-refractivity contribution in [1.29, 1.82) is 0 Å². The van der Waals surface area contributed by atoms with Crippen LogP contribution in [0.3, 0.4) is 0 Å². The zero-order chi connectivity index (χ0) is 18.1. The Bertz CT molecular complexity index is 910. The molecule has 9 heteroatoms. The third-order valence-electron chi connectivity index (χ3n) is 4.10. The van der Waals surface area contributed by atoms with Crippen LogP contribution in [0.1, 0.15) is 23.2 Å². The molecule has 0 aliphatic carbocycles. The molecule has 0 saturated heterocycles. The van der Waals surface area contributed by atoms with Gasteiger partial charge in [0.25, 0.3) is 0 Å². The van der Waals surface area contributed by atoms with Gasteiger partial charge in [-0.25, -0.2) is 4.68 Å². The van der Waals surface area contributed by atoms with E-state index >= 15 is 0 Å². The minimum absolute atomic E-state index is 0.106. The maximum absolute atomic E-state index is 12.9. The minimum atomic E-state index is -0.415. The molecule has 3 heterocycles. The van der Waals surface area contributed by atoms with Gasteiger partial charge in [0, 0.05) is 5.02 Å². The minimum Gasteiger partial charge on any atom is -0.467 e. The van der Waals surface area contributed by atoms with Crippen molar-refractivity contribution in [3.05, 3.63) is 64.8 Å². The van der Waals surface area contributed by atoms with Gasteiger partial charge in [0.1, 0.15) is 16.8 Å². The number of hydrogen-bond acceptors (Lipinski definition) is 6. The van der Waals surface area contributed by atoms with Crippen LogP contribution in [0.2, 0.25) is 5.02 Å². The fourth-order valence-electron chi connectivity index (χ4n) is 2.77. The molecule has 2 N–H and O–H groups in total. The predicted molar refractivity (Wildman–Crippen MR) is 98.5 cm³/mol. The van der Waals surface area contributed by atoms with Gasteiger partial charge in [0.15, 0.2) is 0 Å². The molecule has 26 heavy (non-hydrogen) atoms. The molecule has 1 amide bonds. The molecule has 0 saturated carbocycles. The summed E-state index contributed by atoms with van der Waals surface area (Å²) in [5.74, 6) is 1.33. The lowest BCUT2D eigenvalue weighted by Crippen LogP contribution is -2.43. The van der Waals surface area contributed by atoms with Gasteiger partial charge in [0.05, 0.1) is 18.8 Å². The number of amides is 1. The molecule has 0 unspecified atom stereocenters. The van der Waals surface area contributed by atoms with Gasteiger partial charge in [-0.2, -0.15) is 0 Å². The molecule has 0 bridgehead atoms. The molecule has 0 fully saturated rings. The lowest BCUT2D eigenvalue weighted by molar-refractivity contribution is -0.121. The number of aromatic nitrogens is 3. The van der Waals surface area contributed by atoms with Gasteiger partial charge in [-0.15, -0.1) is 10.2 Å². The zero-order valence-electron chi connectivity index (χ0n) is 13.8. The molecule has 7 nitrogen and oxygen atoms in total. The molecular weight excluding hydrogens is 374 g/mol. The van der Waals surface area contributed by atoms with Crippen molar-refractivity contribution in [2.75, 3.05) is 5.43 Å². The van der Waals surface area contributed by atoms with Crippen molar-refractivity contribution < 1.29 is 9.21 Å². The van der Waals surface area contributed by atoms with E-state index in [1.807, 2.05) is 37.3 Å². The number of nitrogens with one attached hydrogen (secondary N) is 2.